The Balaban J connectivity index is 1.85. The largest absolute Gasteiger partial charge is 0.333 e. The quantitative estimate of drug-likeness (QED) is 0.853. The third kappa shape index (κ3) is 2.88. The average Bonchev–Trinajstić information content (AvgIpc) is 3.07. The maximum absolute atomic E-state index is 12.8. The molecule has 1 aliphatic heterocycles. The molecule has 1 atom stereocenters. The van der Waals surface area contributed by atoms with E-state index in [-0.39, 0.29) is 11.9 Å². The molecule has 0 saturated carbocycles. The predicted octanol–water partition coefficient (Wildman–Crippen LogP) is 2.96. The molecule has 2 aromatic rings. The maximum Gasteiger partial charge on any atom is 0.266 e. The van der Waals surface area contributed by atoms with Gasteiger partial charge in [0, 0.05) is 36.6 Å². The molecule has 1 fully saturated rings. The van der Waals surface area contributed by atoms with Crippen LogP contribution >= 0.6 is 22.7 Å². The number of hydrogen-bond donors (Lipinski definition) is 0. The summed E-state index contributed by atoms with van der Waals surface area (Å²) in [6, 6.07) is 2.30. The van der Waals surface area contributed by atoms with Gasteiger partial charge in [-0.2, -0.15) is 11.3 Å². The van der Waals surface area contributed by atoms with E-state index in [9.17, 15) is 4.79 Å². The van der Waals surface area contributed by atoms with E-state index in [1.54, 1.807) is 11.3 Å². The fourth-order valence-electron chi connectivity index (χ4n) is 2.68. The number of rotatable bonds is 2. The molecule has 6 heteroatoms. The van der Waals surface area contributed by atoms with Crippen LogP contribution < -0.4 is 0 Å². The van der Waals surface area contributed by atoms with E-state index in [0.717, 1.165) is 40.8 Å². The Morgan fingerprint density at radius 3 is 2.90 bits per heavy atom. The van der Waals surface area contributed by atoms with Crippen molar-refractivity contribution in [2.75, 3.05) is 26.7 Å². The Bertz CT molecular complexity index is 635. The van der Waals surface area contributed by atoms with Crippen molar-refractivity contribution < 1.29 is 4.79 Å². The molecule has 0 unspecified atom stereocenters. The maximum atomic E-state index is 12.8. The number of amides is 1. The zero-order chi connectivity index (χ0) is 15.0. The molecule has 3 heterocycles. The van der Waals surface area contributed by atoms with Crippen molar-refractivity contribution in [1.29, 1.82) is 0 Å². The molecule has 1 aliphatic rings. The second-order valence-electron chi connectivity index (χ2n) is 5.56. The van der Waals surface area contributed by atoms with Gasteiger partial charge < -0.3 is 9.80 Å². The Kier molecular flexibility index (Phi) is 4.10. The molecule has 112 valence electrons. The van der Waals surface area contributed by atoms with Crippen molar-refractivity contribution in [2.24, 2.45) is 0 Å². The van der Waals surface area contributed by atoms with Gasteiger partial charge >= 0.3 is 0 Å². The van der Waals surface area contributed by atoms with Crippen molar-refractivity contribution in [1.82, 2.24) is 14.8 Å². The van der Waals surface area contributed by atoms with Gasteiger partial charge in [-0.25, -0.2) is 4.98 Å². The van der Waals surface area contributed by atoms with Gasteiger partial charge in [-0.15, -0.1) is 11.3 Å². The Morgan fingerprint density at radius 1 is 1.43 bits per heavy atom. The van der Waals surface area contributed by atoms with Crippen LogP contribution in [0, 0.1) is 6.92 Å². The van der Waals surface area contributed by atoms with Gasteiger partial charge in [0.25, 0.3) is 5.91 Å². The second kappa shape index (κ2) is 5.87. The van der Waals surface area contributed by atoms with Crippen LogP contribution in [0.25, 0.3) is 10.6 Å². The fourth-order valence-corrected chi connectivity index (χ4v) is 4.41. The van der Waals surface area contributed by atoms with Crippen molar-refractivity contribution >= 4 is 28.6 Å². The molecular weight excluding hydrogens is 302 g/mol. The molecule has 0 aromatic carbocycles. The minimum atomic E-state index is 0.132. The molecule has 1 amide bonds. The Labute approximate surface area is 133 Å². The van der Waals surface area contributed by atoms with E-state index >= 15 is 0 Å². The van der Waals surface area contributed by atoms with Crippen molar-refractivity contribution in [3.63, 3.8) is 0 Å². The van der Waals surface area contributed by atoms with E-state index in [1.165, 1.54) is 11.3 Å². The summed E-state index contributed by atoms with van der Waals surface area (Å²) >= 11 is 3.16. The molecule has 0 bridgehead atoms. The number of carbonyl (C=O) groups is 1. The van der Waals surface area contributed by atoms with Crippen LogP contribution in [0.1, 0.15) is 22.3 Å². The number of thiazole rings is 1. The van der Waals surface area contributed by atoms with Gasteiger partial charge in [0.2, 0.25) is 0 Å². The van der Waals surface area contributed by atoms with Crippen LogP contribution in [-0.4, -0.2) is 53.4 Å². The Hall–Kier alpha value is -1.24. The van der Waals surface area contributed by atoms with Crippen LogP contribution in [0.15, 0.2) is 16.8 Å². The number of piperazine rings is 1. The first kappa shape index (κ1) is 14.7. The fraction of sp³-hybridized carbons (Fsp3) is 0.467. The summed E-state index contributed by atoms with van der Waals surface area (Å²) in [7, 11) is 2.10. The van der Waals surface area contributed by atoms with Crippen molar-refractivity contribution in [3.05, 3.63) is 27.4 Å². The van der Waals surface area contributed by atoms with Gasteiger partial charge in [-0.3, -0.25) is 4.79 Å². The van der Waals surface area contributed by atoms with E-state index in [4.69, 9.17) is 0 Å². The van der Waals surface area contributed by atoms with Gasteiger partial charge in [-0.05, 0) is 32.3 Å². The lowest BCUT2D eigenvalue weighted by Gasteiger charge is -2.38. The highest BCUT2D eigenvalue weighted by atomic mass is 32.1. The van der Waals surface area contributed by atoms with E-state index < -0.39 is 0 Å². The summed E-state index contributed by atoms with van der Waals surface area (Å²) < 4.78 is 0. The second-order valence-corrected chi connectivity index (χ2v) is 7.33. The average molecular weight is 321 g/mol. The highest BCUT2D eigenvalue weighted by molar-refractivity contribution is 7.17. The minimum Gasteiger partial charge on any atom is -0.333 e. The molecule has 0 aliphatic carbocycles. The lowest BCUT2D eigenvalue weighted by molar-refractivity contribution is 0.0537. The van der Waals surface area contributed by atoms with Crippen LogP contribution in [0.3, 0.4) is 0 Å². The highest BCUT2D eigenvalue weighted by Gasteiger charge is 2.29. The normalized spacial score (nSPS) is 20.0. The molecule has 1 saturated heterocycles. The molecular formula is C15H19N3OS2. The highest BCUT2D eigenvalue weighted by Crippen LogP contribution is 2.30. The summed E-state index contributed by atoms with van der Waals surface area (Å²) in [5.74, 6) is 0.132. The summed E-state index contributed by atoms with van der Waals surface area (Å²) in [6.45, 7) is 6.71. The summed E-state index contributed by atoms with van der Waals surface area (Å²) in [6.07, 6.45) is 0. The first-order valence-electron chi connectivity index (χ1n) is 7.05. The summed E-state index contributed by atoms with van der Waals surface area (Å²) in [4.78, 5) is 22.4. The van der Waals surface area contributed by atoms with Gasteiger partial charge in [0.1, 0.15) is 9.88 Å². The zero-order valence-corrected chi connectivity index (χ0v) is 14.1. The number of likely N-dealkylation sites (N-methyl/N-ethyl adjacent to an activating group) is 1. The molecule has 21 heavy (non-hydrogen) atoms. The number of hydrogen-bond acceptors (Lipinski definition) is 5. The van der Waals surface area contributed by atoms with Crippen molar-refractivity contribution in [3.8, 4) is 10.6 Å². The topological polar surface area (TPSA) is 36.4 Å². The number of carbonyl (C=O) groups excluding carboxylic acids is 1. The lowest BCUT2D eigenvalue weighted by Crippen LogP contribution is -2.52. The third-order valence-electron chi connectivity index (χ3n) is 3.85. The van der Waals surface area contributed by atoms with E-state index in [2.05, 4.69) is 35.3 Å². The first-order chi connectivity index (χ1) is 10.1. The Morgan fingerprint density at radius 2 is 2.24 bits per heavy atom. The number of aryl methyl sites for hydroxylation is 1. The van der Waals surface area contributed by atoms with Crippen LogP contribution in [0.2, 0.25) is 0 Å². The minimum absolute atomic E-state index is 0.132. The molecule has 0 N–H and O–H groups in total. The lowest BCUT2D eigenvalue weighted by atomic mass is 10.2. The zero-order valence-electron chi connectivity index (χ0n) is 12.5. The molecule has 0 radical (unpaired) electrons. The van der Waals surface area contributed by atoms with Gasteiger partial charge in [-0.1, -0.05) is 0 Å². The molecule has 0 spiro atoms. The first-order valence-corrected chi connectivity index (χ1v) is 8.81. The standard InChI is InChI=1S/C15H19N3OS2/c1-10-8-17(3)5-6-18(10)15(19)13-11(2)16-14(21-13)12-4-7-20-9-12/h4,7,9-10H,5-6,8H2,1-3H3/t10-/m1/s1. The molecule has 2 aromatic heterocycles. The molecule has 3 rings (SSSR count). The number of nitrogens with zero attached hydrogens (tertiary/aromatic N) is 3. The van der Waals surface area contributed by atoms with E-state index in [0.29, 0.717) is 0 Å². The predicted molar refractivity (Wildman–Crippen MR) is 88.2 cm³/mol. The summed E-state index contributed by atoms with van der Waals surface area (Å²) in [5.41, 5.74) is 1.95. The van der Waals surface area contributed by atoms with Crippen LogP contribution in [0.5, 0.6) is 0 Å². The third-order valence-corrected chi connectivity index (χ3v) is 5.73. The van der Waals surface area contributed by atoms with Gasteiger partial charge in [0.15, 0.2) is 0 Å². The summed E-state index contributed by atoms with van der Waals surface area (Å²) in [5, 5.41) is 5.06. The molecule has 4 nitrogen and oxygen atoms in total. The smallest absolute Gasteiger partial charge is 0.266 e. The number of aromatic nitrogens is 1. The monoisotopic (exact) mass is 321 g/mol. The van der Waals surface area contributed by atoms with Crippen LogP contribution in [0.4, 0.5) is 0 Å². The number of thiophene rings is 1. The SMILES string of the molecule is Cc1nc(-c2ccsc2)sc1C(=O)N1CCN(C)C[C@H]1C. The van der Waals surface area contributed by atoms with Gasteiger partial charge in [0.05, 0.1) is 5.69 Å². The van der Waals surface area contributed by atoms with Crippen LogP contribution in [-0.2, 0) is 0 Å². The van der Waals surface area contributed by atoms with Crippen molar-refractivity contribution in [2.45, 2.75) is 19.9 Å². The van der Waals surface area contributed by atoms with E-state index in [1.807, 2.05) is 17.2 Å².